The molecule has 8 heteroatoms. The summed E-state index contributed by atoms with van der Waals surface area (Å²) in [6.45, 7) is 3.99. The summed E-state index contributed by atoms with van der Waals surface area (Å²) in [5.74, 6) is 0.540. The smallest absolute Gasteiger partial charge is 0.353 e. The molecule has 0 radical (unpaired) electrons. The third-order valence-electron chi connectivity index (χ3n) is 4.05. The summed E-state index contributed by atoms with van der Waals surface area (Å²) in [5.41, 5.74) is 4.03. The first-order valence-corrected chi connectivity index (χ1v) is 10.5. The predicted molar refractivity (Wildman–Crippen MR) is 119 cm³/mol. The summed E-state index contributed by atoms with van der Waals surface area (Å²) < 4.78 is 16.5. The van der Waals surface area contributed by atoms with E-state index in [1.807, 2.05) is 32.0 Å². The fraction of sp³-hybridized carbons (Fsp3) is 0.174. The Morgan fingerprint density at radius 2 is 1.87 bits per heavy atom. The van der Waals surface area contributed by atoms with Gasteiger partial charge in [0, 0.05) is 0 Å². The summed E-state index contributed by atoms with van der Waals surface area (Å²) in [7, 11) is 0. The van der Waals surface area contributed by atoms with Crippen LogP contribution in [-0.2, 0) is 4.79 Å². The number of hydrazone groups is 1. The van der Waals surface area contributed by atoms with Crippen molar-refractivity contribution in [3.05, 3.63) is 76.0 Å². The van der Waals surface area contributed by atoms with Gasteiger partial charge in [0.05, 0.1) is 12.8 Å². The largest absolute Gasteiger partial charge is 0.490 e. The summed E-state index contributed by atoms with van der Waals surface area (Å²) in [5, 5.41) is 5.75. The van der Waals surface area contributed by atoms with E-state index in [1.165, 1.54) is 17.6 Å². The number of rotatable bonds is 9. The Balaban J connectivity index is 1.58. The number of aryl methyl sites for hydroxylation is 1. The molecule has 0 aliphatic rings. The fourth-order valence-electron chi connectivity index (χ4n) is 2.58. The number of carbonyl (C=O) groups excluding carboxylic acids is 2. The first-order chi connectivity index (χ1) is 15.1. The first-order valence-electron chi connectivity index (χ1n) is 9.59. The number of para-hydroxylation sites is 1. The van der Waals surface area contributed by atoms with E-state index in [0.717, 1.165) is 5.56 Å². The normalized spacial score (nSPS) is 10.6. The van der Waals surface area contributed by atoms with Crippen LogP contribution in [0, 0.1) is 6.92 Å². The summed E-state index contributed by atoms with van der Waals surface area (Å²) in [6.07, 6.45) is 1.47. The third kappa shape index (κ3) is 6.42. The van der Waals surface area contributed by atoms with Gasteiger partial charge in [0.1, 0.15) is 10.6 Å². The molecule has 160 valence electrons. The topological polar surface area (TPSA) is 86.2 Å². The van der Waals surface area contributed by atoms with Crippen molar-refractivity contribution in [2.45, 2.75) is 13.8 Å². The number of hydrogen-bond acceptors (Lipinski definition) is 7. The van der Waals surface area contributed by atoms with E-state index in [0.29, 0.717) is 34.3 Å². The average molecular weight is 439 g/mol. The van der Waals surface area contributed by atoms with Crippen LogP contribution in [-0.4, -0.2) is 31.3 Å². The lowest BCUT2D eigenvalue weighted by atomic mass is 10.2. The highest BCUT2D eigenvalue weighted by atomic mass is 32.1. The Morgan fingerprint density at radius 1 is 1.03 bits per heavy atom. The molecule has 0 fully saturated rings. The van der Waals surface area contributed by atoms with Crippen LogP contribution in [0.25, 0.3) is 0 Å². The van der Waals surface area contributed by atoms with E-state index in [9.17, 15) is 9.59 Å². The number of amides is 1. The Labute approximate surface area is 184 Å². The molecule has 1 amide bonds. The lowest BCUT2D eigenvalue weighted by Crippen LogP contribution is -2.24. The molecule has 0 atom stereocenters. The van der Waals surface area contributed by atoms with Crippen LogP contribution in [0.15, 0.2) is 65.1 Å². The minimum atomic E-state index is -0.446. The van der Waals surface area contributed by atoms with Crippen molar-refractivity contribution in [3.63, 3.8) is 0 Å². The first kappa shape index (κ1) is 22.0. The molecule has 0 unspecified atom stereocenters. The number of ether oxygens (including phenoxy) is 3. The van der Waals surface area contributed by atoms with E-state index >= 15 is 0 Å². The second-order valence-electron chi connectivity index (χ2n) is 6.35. The van der Waals surface area contributed by atoms with Gasteiger partial charge >= 0.3 is 5.97 Å². The van der Waals surface area contributed by atoms with E-state index < -0.39 is 5.97 Å². The van der Waals surface area contributed by atoms with Gasteiger partial charge in [-0.1, -0.05) is 24.3 Å². The molecule has 0 aliphatic carbocycles. The van der Waals surface area contributed by atoms with Crippen molar-refractivity contribution >= 4 is 29.4 Å². The highest BCUT2D eigenvalue weighted by Crippen LogP contribution is 2.29. The molecule has 3 rings (SSSR count). The van der Waals surface area contributed by atoms with Crippen LogP contribution in [0.4, 0.5) is 0 Å². The summed E-state index contributed by atoms with van der Waals surface area (Å²) >= 11 is 1.30. The van der Waals surface area contributed by atoms with E-state index in [2.05, 4.69) is 10.5 Å². The number of nitrogens with zero attached hydrogens (tertiary/aromatic N) is 1. The maximum Gasteiger partial charge on any atom is 0.353 e. The van der Waals surface area contributed by atoms with Crippen LogP contribution < -0.4 is 19.6 Å². The van der Waals surface area contributed by atoms with E-state index in [4.69, 9.17) is 14.2 Å². The van der Waals surface area contributed by atoms with Gasteiger partial charge in [-0.3, -0.25) is 4.79 Å². The van der Waals surface area contributed by atoms with Gasteiger partial charge in [-0.25, -0.2) is 10.2 Å². The maximum absolute atomic E-state index is 12.2. The van der Waals surface area contributed by atoms with Crippen LogP contribution in [0.5, 0.6) is 17.2 Å². The van der Waals surface area contributed by atoms with Crippen LogP contribution in [0.2, 0.25) is 0 Å². The van der Waals surface area contributed by atoms with Gasteiger partial charge in [-0.15, -0.1) is 11.3 Å². The Bertz CT molecular complexity index is 1060. The van der Waals surface area contributed by atoms with Crippen molar-refractivity contribution in [2.24, 2.45) is 5.10 Å². The van der Waals surface area contributed by atoms with Gasteiger partial charge in [0.2, 0.25) is 0 Å². The molecule has 0 aliphatic heterocycles. The van der Waals surface area contributed by atoms with Gasteiger partial charge < -0.3 is 14.2 Å². The standard InChI is InChI=1S/C23H22N2O5S/c1-3-28-20-13-17(10-11-19(20)30-23(27)21-9-6-12-31-21)14-24-25-22(26)15-29-18-8-5-4-7-16(18)2/h4-14H,3,15H2,1-2H3,(H,25,26). The van der Waals surface area contributed by atoms with E-state index in [-0.39, 0.29) is 12.5 Å². The SMILES string of the molecule is CCOc1cc(C=NNC(=O)COc2ccccc2C)ccc1OC(=O)c1cccs1. The Kier molecular flexibility index (Phi) is 7.78. The molecular formula is C23H22N2O5S. The second-order valence-corrected chi connectivity index (χ2v) is 7.30. The zero-order chi connectivity index (χ0) is 22.1. The zero-order valence-electron chi connectivity index (χ0n) is 17.2. The van der Waals surface area contributed by atoms with Crippen LogP contribution in [0.3, 0.4) is 0 Å². The van der Waals surface area contributed by atoms with Crippen LogP contribution >= 0.6 is 11.3 Å². The van der Waals surface area contributed by atoms with Crippen molar-refractivity contribution in [1.82, 2.24) is 5.43 Å². The van der Waals surface area contributed by atoms with Crippen molar-refractivity contribution < 1.29 is 23.8 Å². The molecule has 0 spiro atoms. The second kappa shape index (κ2) is 10.9. The van der Waals surface area contributed by atoms with Gasteiger partial charge in [-0.05, 0) is 60.7 Å². The van der Waals surface area contributed by atoms with E-state index in [1.54, 1.807) is 41.8 Å². The number of carbonyl (C=O) groups is 2. The maximum atomic E-state index is 12.2. The molecule has 7 nitrogen and oxygen atoms in total. The molecule has 0 saturated heterocycles. The lowest BCUT2D eigenvalue weighted by Gasteiger charge is -2.11. The number of benzene rings is 2. The molecule has 1 aromatic heterocycles. The lowest BCUT2D eigenvalue weighted by molar-refractivity contribution is -0.123. The molecule has 3 aromatic rings. The number of nitrogens with one attached hydrogen (secondary N) is 1. The quantitative estimate of drug-likeness (QED) is 0.234. The Morgan fingerprint density at radius 3 is 2.61 bits per heavy atom. The minimum Gasteiger partial charge on any atom is -0.490 e. The predicted octanol–water partition coefficient (Wildman–Crippen LogP) is 4.20. The average Bonchev–Trinajstić information content (AvgIpc) is 3.30. The van der Waals surface area contributed by atoms with Crippen LogP contribution in [0.1, 0.15) is 27.7 Å². The highest BCUT2D eigenvalue weighted by molar-refractivity contribution is 7.12. The minimum absolute atomic E-state index is 0.149. The Hall–Kier alpha value is -3.65. The number of thiophene rings is 1. The molecular weight excluding hydrogens is 416 g/mol. The summed E-state index contributed by atoms with van der Waals surface area (Å²) in [6, 6.07) is 15.9. The monoisotopic (exact) mass is 438 g/mol. The van der Waals surface area contributed by atoms with Crippen molar-refractivity contribution in [3.8, 4) is 17.2 Å². The summed E-state index contributed by atoms with van der Waals surface area (Å²) in [4.78, 5) is 24.6. The molecule has 1 heterocycles. The third-order valence-corrected chi connectivity index (χ3v) is 4.90. The number of esters is 1. The molecule has 31 heavy (non-hydrogen) atoms. The highest BCUT2D eigenvalue weighted by Gasteiger charge is 2.14. The molecule has 1 N–H and O–H groups in total. The fourth-order valence-corrected chi connectivity index (χ4v) is 3.17. The van der Waals surface area contributed by atoms with Gasteiger partial charge in [-0.2, -0.15) is 5.10 Å². The van der Waals surface area contributed by atoms with Crippen molar-refractivity contribution in [2.75, 3.05) is 13.2 Å². The zero-order valence-corrected chi connectivity index (χ0v) is 18.0. The molecule has 2 aromatic carbocycles. The van der Waals surface area contributed by atoms with Gasteiger partial charge in [0.15, 0.2) is 18.1 Å². The van der Waals surface area contributed by atoms with Crippen molar-refractivity contribution in [1.29, 1.82) is 0 Å². The molecule has 0 bridgehead atoms. The van der Waals surface area contributed by atoms with Gasteiger partial charge in [0.25, 0.3) is 5.91 Å². The number of hydrogen-bond donors (Lipinski definition) is 1. The molecule has 0 saturated carbocycles.